The predicted octanol–water partition coefficient (Wildman–Crippen LogP) is 2.73. The van der Waals surface area contributed by atoms with Crippen molar-refractivity contribution in [2.24, 2.45) is 5.73 Å². The Morgan fingerprint density at radius 3 is 2.68 bits per heavy atom. The molecule has 98 valence electrons. The van der Waals surface area contributed by atoms with Crippen LogP contribution in [0.3, 0.4) is 0 Å². The standard InChI is InChI=1S/C15H15ClN2O/c16-14-7-2-1-5-13(14)10-18-15(19)12-6-3-4-11(8-12)9-17/h1-8H,9-10,17H2,(H,18,19). The Kier molecular flexibility index (Phi) is 4.55. The second-order valence-corrected chi connectivity index (χ2v) is 4.59. The van der Waals surface area contributed by atoms with Crippen molar-refractivity contribution in [3.63, 3.8) is 0 Å². The van der Waals surface area contributed by atoms with Crippen LogP contribution in [0, 0.1) is 0 Å². The molecular weight excluding hydrogens is 260 g/mol. The molecule has 4 heteroatoms. The highest BCUT2D eigenvalue weighted by Crippen LogP contribution is 2.14. The van der Waals surface area contributed by atoms with Crippen LogP contribution in [0.5, 0.6) is 0 Å². The van der Waals surface area contributed by atoms with Crippen LogP contribution >= 0.6 is 11.6 Å². The maximum atomic E-state index is 12.0. The van der Waals surface area contributed by atoms with E-state index < -0.39 is 0 Å². The van der Waals surface area contributed by atoms with Gasteiger partial charge in [-0.3, -0.25) is 4.79 Å². The summed E-state index contributed by atoms with van der Waals surface area (Å²) in [5.74, 6) is -0.129. The summed E-state index contributed by atoms with van der Waals surface area (Å²) < 4.78 is 0. The number of amides is 1. The minimum absolute atomic E-state index is 0.129. The first-order chi connectivity index (χ1) is 9.20. The van der Waals surface area contributed by atoms with Gasteiger partial charge in [0.25, 0.3) is 5.91 Å². The fourth-order valence-electron chi connectivity index (χ4n) is 1.76. The molecule has 0 saturated heterocycles. The topological polar surface area (TPSA) is 55.1 Å². The van der Waals surface area contributed by atoms with E-state index in [1.54, 1.807) is 18.2 Å². The van der Waals surface area contributed by atoms with Crippen molar-refractivity contribution in [3.8, 4) is 0 Å². The molecule has 0 radical (unpaired) electrons. The molecule has 3 nitrogen and oxygen atoms in total. The molecule has 0 spiro atoms. The zero-order valence-electron chi connectivity index (χ0n) is 10.4. The molecule has 0 bridgehead atoms. The number of benzene rings is 2. The lowest BCUT2D eigenvalue weighted by molar-refractivity contribution is 0.0951. The molecule has 0 unspecified atom stereocenters. The first-order valence-electron chi connectivity index (χ1n) is 6.01. The highest BCUT2D eigenvalue weighted by atomic mass is 35.5. The van der Waals surface area contributed by atoms with Gasteiger partial charge in [-0.05, 0) is 29.3 Å². The molecule has 2 aromatic rings. The maximum absolute atomic E-state index is 12.0. The third kappa shape index (κ3) is 3.56. The second kappa shape index (κ2) is 6.36. The molecule has 0 saturated carbocycles. The van der Waals surface area contributed by atoms with Gasteiger partial charge in [0.2, 0.25) is 0 Å². The van der Waals surface area contributed by atoms with Gasteiger partial charge < -0.3 is 11.1 Å². The van der Waals surface area contributed by atoms with Crippen molar-refractivity contribution in [2.75, 3.05) is 0 Å². The van der Waals surface area contributed by atoms with Crippen LogP contribution in [0.25, 0.3) is 0 Å². The van der Waals surface area contributed by atoms with Crippen molar-refractivity contribution in [3.05, 3.63) is 70.2 Å². The molecule has 0 aliphatic carbocycles. The number of nitrogens with two attached hydrogens (primary N) is 1. The molecule has 0 atom stereocenters. The lowest BCUT2D eigenvalue weighted by atomic mass is 10.1. The summed E-state index contributed by atoms with van der Waals surface area (Å²) >= 11 is 6.03. The minimum Gasteiger partial charge on any atom is -0.348 e. The predicted molar refractivity (Wildman–Crippen MR) is 77.0 cm³/mol. The van der Waals surface area contributed by atoms with E-state index in [4.69, 9.17) is 17.3 Å². The largest absolute Gasteiger partial charge is 0.348 e. The molecule has 0 aliphatic rings. The average molecular weight is 275 g/mol. The molecule has 0 heterocycles. The fourth-order valence-corrected chi connectivity index (χ4v) is 1.96. The molecule has 3 N–H and O–H groups in total. The van der Waals surface area contributed by atoms with Crippen molar-refractivity contribution in [1.29, 1.82) is 0 Å². The van der Waals surface area contributed by atoms with Crippen LogP contribution in [-0.2, 0) is 13.1 Å². The van der Waals surface area contributed by atoms with E-state index >= 15 is 0 Å². The number of hydrogen-bond acceptors (Lipinski definition) is 2. The highest BCUT2D eigenvalue weighted by Gasteiger charge is 2.06. The third-order valence-electron chi connectivity index (χ3n) is 2.82. The lowest BCUT2D eigenvalue weighted by Crippen LogP contribution is -2.23. The summed E-state index contributed by atoms with van der Waals surface area (Å²) in [6.07, 6.45) is 0. The van der Waals surface area contributed by atoms with Crippen LogP contribution in [0.1, 0.15) is 21.5 Å². The summed E-state index contributed by atoms with van der Waals surface area (Å²) in [6, 6.07) is 14.7. The van der Waals surface area contributed by atoms with Crippen molar-refractivity contribution in [1.82, 2.24) is 5.32 Å². The minimum atomic E-state index is -0.129. The summed E-state index contributed by atoms with van der Waals surface area (Å²) in [7, 11) is 0. The molecule has 1 amide bonds. The van der Waals surface area contributed by atoms with Gasteiger partial charge in [0.05, 0.1) is 0 Å². The van der Waals surface area contributed by atoms with Gasteiger partial charge in [-0.1, -0.05) is 41.9 Å². The molecule has 2 aromatic carbocycles. The Labute approximate surface area is 117 Å². The first kappa shape index (κ1) is 13.6. The maximum Gasteiger partial charge on any atom is 0.251 e. The summed E-state index contributed by atoms with van der Waals surface area (Å²) in [6.45, 7) is 0.830. The van der Waals surface area contributed by atoms with Gasteiger partial charge in [0.15, 0.2) is 0 Å². The van der Waals surface area contributed by atoms with E-state index in [1.807, 2.05) is 30.3 Å². The second-order valence-electron chi connectivity index (χ2n) is 4.18. The smallest absolute Gasteiger partial charge is 0.251 e. The SMILES string of the molecule is NCc1cccc(C(=O)NCc2ccccc2Cl)c1. The number of halogens is 1. The Bertz CT molecular complexity index is 584. The molecule has 0 aromatic heterocycles. The van der Waals surface area contributed by atoms with E-state index in [-0.39, 0.29) is 5.91 Å². The van der Waals surface area contributed by atoms with E-state index in [0.717, 1.165) is 11.1 Å². The normalized spacial score (nSPS) is 10.2. The zero-order valence-corrected chi connectivity index (χ0v) is 11.2. The van der Waals surface area contributed by atoms with E-state index in [9.17, 15) is 4.79 Å². The van der Waals surface area contributed by atoms with E-state index in [1.165, 1.54) is 0 Å². The quantitative estimate of drug-likeness (QED) is 0.901. The van der Waals surface area contributed by atoms with E-state index in [0.29, 0.717) is 23.7 Å². The van der Waals surface area contributed by atoms with Crippen molar-refractivity contribution < 1.29 is 4.79 Å². The Morgan fingerprint density at radius 1 is 1.16 bits per heavy atom. The van der Waals surface area contributed by atoms with Gasteiger partial charge in [0.1, 0.15) is 0 Å². The van der Waals surface area contributed by atoms with Gasteiger partial charge in [0, 0.05) is 23.7 Å². The lowest BCUT2D eigenvalue weighted by Gasteiger charge is -2.07. The van der Waals surface area contributed by atoms with E-state index in [2.05, 4.69) is 5.32 Å². The van der Waals surface area contributed by atoms with Gasteiger partial charge in [-0.15, -0.1) is 0 Å². The van der Waals surface area contributed by atoms with Gasteiger partial charge in [-0.2, -0.15) is 0 Å². The number of carbonyl (C=O) groups excluding carboxylic acids is 1. The number of rotatable bonds is 4. The third-order valence-corrected chi connectivity index (χ3v) is 3.19. The van der Waals surface area contributed by atoms with Crippen LogP contribution in [0.2, 0.25) is 5.02 Å². The van der Waals surface area contributed by atoms with Crippen molar-refractivity contribution in [2.45, 2.75) is 13.1 Å². The average Bonchev–Trinajstić information content (AvgIpc) is 2.46. The Morgan fingerprint density at radius 2 is 1.95 bits per heavy atom. The van der Waals surface area contributed by atoms with Gasteiger partial charge >= 0.3 is 0 Å². The Hall–Kier alpha value is -1.84. The first-order valence-corrected chi connectivity index (χ1v) is 6.39. The summed E-state index contributed by atoms with van der Waals surface area (Å²) in [5.41, 5.74) is 7.99. The monoisotopic (exact) mass is 274 g/mol. The van der Waals surface area contributed by atoms with Crippen LogP contribution < -0.4 is 11.1 Å². The fraction of sp³-hybridized carbons (Fsp3) is 0.133. The molecule has 19 heavy (non-hydrogen) atoms. The number of nitrogens with one attached hydrogen (secondary N) is 1. The summed E-state index contributed by atoms with van der Waals surface area (Å²) in [5, 5.41) is 3.49. The molecular formula is C15H15ClN2O. The number of carbonyl (C=O) groups is 1. The summed E-state index contributed by atoms with van der Waals surface area (Å²) in [4.78, 5) is 12.0. The molecule has 0 fully saturated rings. The highest BCUT2D eigenvalue weighted by molar-refractivity contribution is 6.31. The zero-order chi connectivity index (χ0) is 13.7. The van der Waals surface area contributed by atoms with Crippen molar-refractivity contribution >= 4 is 17.5 Å². The molecule has 2 rings (SSSR count). The van der Waals surface area contributed by atoms with Gasteiger partial charge in [-0.25, -0.2) is 0 Å². The van der Waals surface area contributed by atoms with Crippen LogP contribution in [0.4, 0.5) is 0 Å². The molecule has 0 aliphatic heterocycles. The Balaban J connectivity index is 2.03. The number of hydrogen-bond donors (Lipinski definition) is 2. The van der Waals surface area contributed by atoms with Crippen LogP contribution in [-0.4, -0.2) is 5.91 Å². The van der Waals surface area contributed by atoms with Crippen LogP contribution in [0.15, 0.2) is 48.5 Å².